The lowest BCUT2D eigenvalue weighted by Gasteiger charge is -2.26. The maximum absolute atomic E-state index is 12.7. The number of carbonyl (C=O) groups is 3. The fraction of sp³-hybridized carbons (Fsp3) is 0.250. The molecule has 0 aromatic heterocycles. The topological polar surface area (TPSA) is 78.5 Å². The zero-order valence-corrected chi connectivity index (χ0v) is 17.9. The van der Waals surface area contributed by atoms with Crippen molar-refractivity contribution in [1.29, 1.82) is 0 Å². The van der Waals surface area contributed by atoms with Gasteiger partial charge in [0.1, 0.15) is 0 Å². The summed E-state index contributed by atoms with van der Waals surface area (Å²) in [7, 11) is 0. The van der Waals surface area contributed by atoms with Crippen LogP contribution in [-0.2, 0) is 14.4 Å². The number of hydrogen-bond acceptors (Lipinski definition) is 4. The number of fused-ring (bicyclic) bond motifs is 1. The number of para-hydroxylation sites is 2. The summed E-state index contributed by atoms with van der Waals surface area (Å²) >= 11 is 13.5. The van der Waals surface area contributed by atoms with Crippen molar-refractivity contribution in [2.24, 2.45) is 0 Å². The van der Waals surface area contributed by atoms with Crippen LogP contribution in [0.25, 0.3) is 0 Å². The van der Waals surface area contributed by atoms with Gasteiger partial charge in [-0.05, 0) is 31.2 Å². The Kier molecular flexibility index (Phi) is 7.05. The second-order valence-electron chi connectivity index (χ2n) is 6.35. The monoisotopic (exact) mass is 451 g/mol. The van der Waals surface area contributed by atoms with E-state index in [0.29, 0.717) is 22.3 Å². The van der Waals surface area contributed by atoms with Gasteiger partial charge in [0.15, 0.2) is 0 Å². The van der Waals surface area contributed by atoms with E-state index in [-0.39, 0.29) is 24.8 Å². The molecule has 0 saturated carbocycles. The molecule has 0 radical (unpaired) electrons. The molecule has 1 heterocycles. The molecule has 0 spiro atoms. The van der Waals surface area contributed by atoms with Crippen LogP contribution in [0.3, 0.4) is 0 Å². The van der Waals surface area contributed by atoms with Gasteiger partial charge in [-0.1, -0.05) is 41.4 Å². The molecule has 2 aromatic rings. The second kappa shape index (κ2) is 9.52. The van der Waals surface area contributed by atoms with E-state index in [1.165, 1.54) is 16.7 Å². The second-order valence-corrected chi connectivity index (χ2v) is 8.41. The van der Waals surface area contributed by atoms with E-state index in [0.717, 1.165) is 10.6 Å². The molecule has 152 valence electrons. The van der Waals surface area contributed by atoms with E-state index in [4.69, 9.17) is 23.2 Å². The predicted molar refractivity (Wildman–Crippen MR) is 117 cm³/mol. The predicted octanol–water partition coefficient (Wildman–Crippen LogP) is 4.28. The van der Waals surface area contributed by atoms with E-state index < -0.39 is 11.2 Å². The van der Waals surface area contributed by atoms with Crippen molar-refractivity contribution in [3.05, 3.63) is 52.5 Å². The molecular weight excluding hydrogens is 433 g/mol. The Hall–Kier alpha value is -2.22. The number of nitrogens with zero attached hydrogens (tertiary/aromatic N) is 1. The molecule has 29 heavy (non-hydrogen) atoms. The lowest BCUT2D eigenvalue weighted by molar-refractivity contribution is -0.135. The first-order valence-corrected chi connectivity index (χ1v) is 10.6. The van der Waals surface area contributed by atoms with Gasteiger partial charge in [-0.3, -0.25) is 14.4 Å². The van der Waals surface area contributed by atoms with Crippen molar-refractivity contribution in [3.63, 3.8) is 0 Å². The van der Waals surface area contributed by atoms with Crippen molar-refractivity contribution in [2.75, 3.05) is 23.7 Å². The molecule has 1 aliphatic heterocycles. The minimum Gasteiger partial charge on any atom is -0.334 e. The van der Waals surface area contributed by atoms with Crippen LogP contribution < -0.4 is 10.6 Å². The zero-order valence-electron chi connectivity index (χ0n) is 15.6. The maximum atomic E-state index is 12.7. The minimum absolute atomic E-state index is 0.00119. The number of nitrogens with one attached hydrogen (secondary N) is 2. The van der Waals surface area contributed by atoms with Crippen LogP contribution in [0, 0.1) is 0 Å². The number of amides is 3. The third-order valence-corrected chi connectivity index (χ3v) is 6.27. The number of thioether (sulfide) groups is 1. The minimum atomic E-state index is -0.549. The van der Waals surface area contributed by atoms with Crippen molar-refractivity contribution in [3.8, 4) is 0 Å². The van der Waals surface area contributed by atoms with Gasteiger partial charge in [0.25, 0.3) is 0 Å². The highest BCUT2D eigenvalue weighted by atomic mass is 35.5. The van der Waals surface area contributed by atoms with E-state index in [1.54, 1.807) is 25.1 Å². The fourth-order valence-corrected chi connectivity index (χ4v) is 4.45. The van der Waals surface area contributed by atoms with E-state index >= 15 is 0 Å². The maximum Gasteiger partial charge on any atom is 0.244 e. The van der Waals surface area contributed by atoms with Gasteiger partial charge in [-0.2, -0.15) is 0 Å². The van der Waals surface area contributed by atoms with E-state index in [2.05, 4.69) is 10.6 Å². The highest BCUT2D eigenvalue weighted by molar-refractivity contribution is 8.01. The first-order chi connectivity index (χ1) is 13.9. The average molecular weight is 452 g/mol. The first-order valence-electron chi connectivity index (χ1n) is 8.97. The number of rotatable bonds is 6. The quantitative estimate of drug-likeness (QED) is 0.686. The number of halogens is 2. The van der Waals surface area contributed by atoms with Crippen LogP contribution in [0.5, 0.6) is 0 Å². The van der Waals surface area contributed by atoms with Crippen LogP contribution in [-0.4, -0.2) is 41.0 Å². The lowest BCUT2D eigenvalue weighted by atomic mass is 10.2. The molecule has 0 fully saturated rings. The van der Waals surface area contributed by atoms with Gasteiger partial charge in [-0.15, -0.1) is 11.8 Å². The molecule has 1 aliphatic rings. The lowest BCUT2D eigenvalue weighted by Crippen LogP contribution is -2.41. The molecule has 3 amide bonds. The third-order valence-electron chi connectivity index (χ3n) is 4.36. The van der Waals surface area contributed by atoms with Crippen LogP contribution in [0.4, 0.5) is 11.4 Å². The molecule has 2 N–H and O–H groups in total. The number of benzene rings is 2. The Morgan fingerprint density at radius 2 is 1.83 bits per heavy atom. The molecule has 1 unspecified atom stereocenters. The summed E-state index contributed by atoms with van der Waals surface area (Å²) in [5, 5.41) is 5.54. The summed E-state index contributed by atoms with van der Waals surface area (Å²) in [4.78, 5) is 39.8. The van der Waals surface area contributed by atoms with Gasteiger partial charge >= 0.3 is 0 Å². The van der Waals surface area contributed by atoms with Crippen molar-refractivity contribution in [1.82, 2.24) is 4.90 Å². The number of carbonyl (C=O) groups excluding carboxylic acids is 3. The van der Waals surface area contributed by atoms with Gasteiger partial charge in [-0.25, -0.2) is 0 Å². The molecule has 0 bridgehead atoms. The van der Waals surface area contributed by atoms with Gasteiger partial charge in [0.2, 0.25) is 17.7 Å². The van der Waals surface area contributed by atoms with Crippen molar-refractivity contribution in [2.45, 2.75) is 23.5 Å². The van der Waals surface area contributed by atoms with Crippen LogP contribution in [0.1, 0.15) is 13.3 Å². The molecule has 0 aliphatic carbocycles. The smallest absolute Gasteiger partial charge is 0.244 e. The van der Waals surface area contributed by atoms with Crippen molar-refractivity contribution >= 4 is 64.1 Å². The highest BCUT2D eigenvalue weighted by Crippen LogP contribution is 2.36. The molecular formula is C20H19Cl2N3O3S. The molecule has 3 rings (SSSR count). The Balaban J connectivity index is 1.62. The summed E-state index contributed by atoms with van der Waals surface area (Å²) < 4.78 is 0. The van der Waals surface area contributed by atoms with E-state index in [1.807, 2.05) is 24.3 Å². The highest BCUT2D eigenvalue weighted by Gasteiger charge is 2.30. The Labute approximate surface area is 182 Å². The third kappa shape index (κ3) is 5.23. The standard InChI is InChI=1S/C20H19Cl2N3O3S/c1-2-25(11-17(26)24-19-12(21)6-5-7-13(19)22)18(27)10-16-20(28)23-14-8-3-4-9-15(14)29-16/h3-9,16H,2,10-11H2,1H3,(H,23,28)(H,24,26). The molecule has 9 heteroatoms. The van der Waals surface area contributed by atoms with Crippen LogP contribution in [0.15, 0.2) is 47.4 Å². The zero-order chi connectivity index (χ0) is 21.0. The summed E-state index contributed by atoms with van der Waals surface area (Å²) in [6, 6.07) is 12.3. The molecule has 2 aromatic carbocycles. The largest absolute Gasteiger partial charge is 0.334 e. The Morgan fingerprint density at radius 3 is 2.52 bits per heavy atom. The van der Waals surface area contributed by atoms with Crippen molar-refractivity contribution < 1.29 is 14.4 Å². The van der Waals surface area contributed by atoms with E-state index in [9.17, 15) is 14.4 Å². The number of anilines is 2. The van der Waals surface area contributed by atoms with Gasteiger partial charge < -0.3 is 15.5 Å². The fourth-order valence-electron chi connectivity index (χ4n) is 2.86. The SMILES string of the molecule is CCN(CC(=O)Nc1c(Cl)cccc1Cl)C(=O)CC1Sc2ccccc2NC1=O. The summed E-state index contributed by atoms with van der Waals surface area (Å²) in [6.45, 7) is 1.95. The van der Waals surface area contributed by atoms with Crippen LogP contribution >= 0.6 is 35.0 Å². The average Bonchev–Trinajstić information content (AvgIpc) is 2.69. The summed E-state index contributed by atoms with van der Waals surface area (Å²) in [6.07, 6.45) is -0.00119. The summed E-state index contributed by atoms with van der Waals surface area (Å²) in [5.74, 6) is -0.911. The molecule has 0 saturated heterocycles. The van der Waals surface area contributed by atoms with Crippen LogP contribution in [0.2, 0.25) is 10.0 Å². The number of likely N-dealkylation sites (N-methyl/N-ethyl adjacent to an activating group) is 1. The number of hydrogen-bond donors (Lipinski definition) is 2. The summed E-state index contributed by atoms with van der Waals surface area (Å²) in [5.41, 5.74) is 1.05. The molecule has 1 atom stereocenters. The van der Waals surface area contributed by atoms with Gasteiger partial charge in [0, 0.05) is 17.9 Å². The Morgan fingerprint density at radius 1 is 1.14 bits per heavy atom. The Bertz CT molecular complexity index is 934. The molecule has 6 nitrogen and oxygen atoms in total. The first kappa shape index (κ1) is 21.5. The normalized spacial score (nSPS) is 15.3. The van der Waals surface area contributed by atoms with Gasteiger partial charge in [0.05, 0.1) is 33.2 Å².